The lowest BCUT2D eigenvalue weighted by Crippen LogP contribution is -2.37. The summed E-state index contributed by atoms with van der Waals surface area (Å²) in [4.78, 5) is 34.3. The number of carbonyl (C=O) groups excluding carboxylic acids is 2. The van der Waals surface area contributed by atoms with Crippen LogP contribution in [0, 0.1) is 5.92 Å². The topological polar surface area (TPSA) is 113 Å². The molecule has 0 fully saturated rings. The second-order valence-corrected chi connectivity index (χ2v) is 6.17. The molecule has 2 unspecified atom stereocenters. The average molecular weight is 389 g/mol. The molecule has 1 aromatic rings. The summed E-state index contributed by atoms with van der Waals surface area (Å²) >= 11 is 0. The smallest absolute Gasteiger partial charge is 0.336 e. The van der Waals surface area contributed by atoms with Crippen LogP contribution >= 0.6 is 0 Å². The number of rotatable bonds is 9. The molecule has 0 aliphatic carbocycles. The minimum Gasteiger partial charge on any atom is -0.465 e. The van der Waals surface area contributed by atoms with Gasteiger partial charge in [0.25, 0.3) is 0 Å². The first kappa shape index (κ1) is 21.7. The number of esters is 2. The number of aromatic nitrogens is 1. The van der Waals surface area contributed by atoms with Crippen molar-refractivity contribution in [3.05, 3.63) is 41.4 Å². The summed E-state index contributed by atoms with van der Waals surface area (Å²) in [5.74, 6) is -2.35. The third kappa shape index (κ3) is 5.02. The van der Waals surface area contributed by atoms with E-state index in [1.54, 1.807) is 39.2 Å². The standard InChI is InChI=1S/C20H27N3O5/c1-4-27-19(24)16-13(3)23-15(12-26-10-8-21)18(20(25)28-5-2)17(16)14-7-6-9-22-11-14/h6-7,9,11,16-17H,4-5,8,10,12,21H2,1-3H3. The molecule has 0 saturated heterocycles. The molecule has 0 amide bonds. The van der Waals surface area contributed by atoms with Gasteiger partial charge < -0.3 is 19.9 Å². The van der Waals surface area contributed by atoms with Crippen LogP contribution < -0.4 is 5.73 Å². The van der Waals surface area contributed by atoms with Gasteiger partial charge in [0.1, 0.15) is 5.92 Å². The van der Waals surface area contributed by atoms with Gasteiger partial charge in [0.05, 0.1) is 37.7 Å². The number of nitrogens with zero attached hydrogens (tertiary/aromatic N) is 2. The Kier molecular flexibility index (Phi) is 8.28. The molecule has 28 heavy (non-hydrogen) atoms. The van der Waals surface area contributed by atoms with Crippen LogP contribution in [0.1, 0.15) is 32.3 Å². The van der Waals surface area contributed by atoms with Crippen LogP contribution in [0.15, 0.2) is 40.8 Å². The fraction of sp³-hybridized carbons (Fsp3) is 0.500. The molecule has 1 aliphatic rings. The van der Waals surface area contributed by atoms with Gasteiger partial charge in [-0.25, -0.2) is 4.79 Å². The zero-order valence-corrected chi connectivity index (χ0v) is 16.5. The van der Waals surface area contributed by atoms with Gasteiger partial charge in [-0.1, -0.05) is 6.07 Å². The highest BCUT2D eigenvalue weighted by molar-refractivity contribution is 6.07. The molecular formula is C20H27N3O5. The molecule has 2 rings (SSSR count). The van der Waals surface area contributed by atoms with Crippen LogP contribution in [0.4, 0.5) is 0 Å². The van der Waals surface area contributed by atoms with E-state index in [4.69, 9.17) is 19.9 Å². The summed E-state index contributed by atoms with van der Waals surface area (Å²) in [5.41, 5.74) is 7.46. The predicted octanol–water partition coefficient (Wildman–Crippen LogP) is 1.61. The summed E-state index contributed by atoms with van der Waals surface area (Å²) in [6, 6.07) is 3.58. The van der Waals surface area contributed by atoms with Crippen LogP contribution in [-0.2, 0) is 23.8 Å². The second kappa shape index (κ2) is 10.7. The molecule has 0 saturated carbocycles. The van der Waals surface area contributed by atoms with E-state index in [-0.39, 0.29) is 25.4 Å². The molecule has 1 aliphatic heterocycles. The highest BCUT2D eigenvalue weighted by Crippen LogP contribution is 2.40. The van der Waals surface area contributed by atoms with Crippen LogP contribution in [-0.4, -0.2) is 55.6 Å². The molecule has 2 heterocycles. The van der Waals surface area contributed by atoms with E-state index in [1.165, 1.54) is 0 Å². The molecule has 2 atom stereocenters. The number of hydrogen-bond acceptors (Lipinski definition) is 8. The molecule has 0 spiro atoms. The monoisotopic (exact) mass is 389 g/mol. The molecule has 0 aromatic carbocycles. The molecule has 0 bridgehead atoms. The first-order chi connectivity index (χ1) is 13.5. The maximum atomic E-state index is 12.9. The fourth-order valence-corrected chi connectivity index (χ4v) is 3.20. The van der Waals surface area contributed by atoms with E-state index in [0.717, 1.165) is 0 Å². The average Bonchev–Trinajstić information content (AvgIpc) is 2.68. The summed E-state index contributed by atoms with van der Waals surface area (Å²) in [5, 5.41) is 0. The van der Waals surface area contributed by atoms with Gasteiger partial charge in [0.15, 0.2) is 0 Å². The van der Waals surface area contributed by atoms with Gasteiger partial charge in [-0.3, -0.25) is 14.8 Å². The Labute approximate surface area is 164 Å². The first-order valence-corrected chi connectivity index (χ1v) is 9.34. The molecule has 8 heteroatoms. The number of nitrogens with two attached hydrogens (primary N) is 1. The van der Waals surface area contributed by atoms with Crippen LogP contribution in [0.3, 0.4) is 0 Å². The third-order valence-electron chi connectivity index (χ3n) is 4.30. The number of pyridine rings is 1. The lowest BCUT2D eigenvalue weighted by Gasteiger charge is -2.32. The van der Waals surface area contributed by atoms with Crippen molar-refractivity contribution >= 4 is 17.7 Å². The highest BCUT2D eigenvalue weighted by atomic mass is 16.5. The third-order valence-corrected chi connectivity index (χ3v) is 4.30. The van der Waals surface area contributed by atoms with Crippen molar-refractivity contribution in [3.8, 4) is 0 Å². The van der Waals surface area contributed by atoms with Crippen molar-refractivity contribution in [3.63, 3.8) is 0 Å². The number of ether oxygens (including phenoxy) is 3. The van der Waals surface area contributed by atoms with E-state index in [9.17, 15) is 9.59 Å². The number of carbonyl (C=O) groups is 2. The van der Waals surface area contributed by atoms with Crippen LogP contribution in [0.25, 0.3) is 0 Å². The van der Waals surface area contributed by atoms with Crippen molar-refractivity contribution in [1.29, 1.82) is 0 Å². The van der Waals surface area contributed by atoms with Crippen molar-refractivity contribution in [1.82, 2.24) is 4.98 Å². The van der Waals surface area contributed by atoms with E-state index in [0.29, 0.717) is 30.1 Å². The van der Waals surface area contributed by atoms with Crippen LogP contribution in [0.5, 0.6) is 0 Å². The number of aliphatic imine (C=N–C) groups is 1. The predicted molar refractivity (Wildman–Crippen MR) is 104 cm³/mol. The van der Waals surface area contributed by atoms with Gasteiger partial charge >= 0.3 is 11.9 Å². The van der Waals surface area contributed by atoms with Gasteiger partial charge in [-0.05, 0) is 32.4 Å². The zero-order chi connectivity index (χ0) is 20.5. The summed E-state index contributed by atoms with van der Waals surface area (Å²) in [7, 11) is 0. The van der Waals surface area contributed by atoms with E-state index in [1.807, 2.05) is 6.07 Å². The minimum absolute atomic E-state index is 0.0923. The minimum atomic E-state index is -0.748. The van der Waals surface area contributed by atoms with Gasteiger partial charge in [0.2, 0.25) is 0 Å². The van der Waals surface area contributed by atoms with E-state index >= 15 is 0 Å². The van der Waals surface area contributed by atoms with Crippen molar-refractivity contribution in [2.75, 3.05) is 33.0 Å². The fourth-order valence-electron chi connectivity index (χ4n) is 3.20. The normalized spacial score (nSPS) is 19.2. The SMILES string of the molecule is CCOC(=O)C1=C(COCCN)N=C(C)C(C(=O)OCC)C1c1cccnc1. The Morgan fingerprint density at radius 1 is 1.21 bits per heavy atom. The quantitative estimate of drug-likeness (QED) is 0.504. The van der Waals surface area contributed by atoms with Gasteiger partial charge in [-0.15, -0.1) is 0 Å². The molecule has 1 aromatic heterocycles. The molecule has 8 nitrogen and oxygen atoms in total. The van der Waals surface area contributed by atoms with Crippen molar-refractivity contribution < 1.29 is 23.8 Å². The molecule has 152 valence electrons. The van der Waals surface area contributed by atoms with E-state index < -0.39 is 23.8 Å². The molecule has 2 N–H and O–H groups in total. The number of hydrogen-bond donors (Lipinski definition) is 1. The lowest BCUT2D eigenvalue weighted by molar-refractivity contribution is -0.146. The maximum Gasteiger partial charge on any atom is 0.336 e. The lowest BCUT2D eigenvalue weighted by atomic mass is 9.76. The summed E-state index contributed by atoms with van der Waals surface area (Å²) < 4.78 is 16.1. The Bertz CT molecular complexity index is 745. The Morgan fingerprint density at radius 2 is 1.96 bits per heavy atom. The Morgan fingerprint density at radius 3 is 2.57 bits per heavy atom. The highest BCUT2D eigenvalue weighted by Gasteiger charge is 2.43. The summed E-state index contributed by atoms with van der Waals surface area (Å²) in [6.45, 7) is 6.40. The van der Waals surface area contributed by atoms with Crippen LogP contribution in [0.2, 0.25) is 0 Å². The summed E-state index contributed by atoms with van der Waals surface area (Å²) in [6.07, 6.45) is 3.26. The molecule has 0 radical (unpaired) electrons. The van der Waals surface area contributed by atoms with E-state index in [2.05, 4.69) is 9.98 Å². The van der Waals surface area contributed by atoms with Crippen molar-refractivity contribution in [2.45, 2.75) is 26.7 Å². The van der Waals surface area contributed by atoms with Gasteiger partial charge in [-0.2, -0.15) is 0 Å². The van der Waals surface area contributed by atoms with Gasteiger partial charge in [0, 0.05) is 30.6 Å². The largest absolute Gasteiger partial charge is 0.465 e. The van der Waals surface area contributed by atoms with Crippen molar-refractivity contribution in [2.24, 2.45) is 16.6 Å². The zero-order valence-electron chi connectivity index (χ0n) is 16.5. The Balaban J connectivity index is 2.60. The molecular weight excluding hydrogens is 362 g/mol. The Hall–Kier alpha value is -2.58. The first-order valence-electron chi connectivity index (χ1n) is 9.34. The maximum absolute atomic E-state index is 12.9. The second-order valence-electron chi connectivity index (χ2n) is 6.17.